The van der Waals surface area contributed by atoms with Crippen LogP contribution in [0.3, 0.4) is 0 Å². The zero-order chi connectivity index (χ0) is 14.9. The molecule has 108 valence electrons. The minimum absolute atomic E-state index is 0.0522. The van der Waals surface area contributed by atoms with E-state index in [0.29, 0.717) is 33.6 Å². The van der Waals surface area contributed by atoms with E-state index in [9.17, 15) is 4.79 Å². The van der Waals surface area contributed by atoms with E-state index in [2.05, 4.69) is 24.4 Å². The molecule has 0 bridgehead atoms. The van der Waals surface area contributed by atoms with Gasteiger partial charge >= 0.3 is 0 Å². The lowest BCUT2D eigenvalue weighted by Gasteiger charge is -2.29. The largest absolute Gasteiger partial charge is 0.299 e. The Morgan fingerprint density at radius 1 is 1.15 bits per heavy atom. The van der Waals surface area contributed by atoms with Gasteiger partial charge in [0.15, 0.2) is 0 Å². The van der Waals surface area contributed by atoms with Crippen molar-refractivity contribution in [3.63, 3.8) is 0 Å². The van der Waals surface area contributed by atoms with Crippen LogP contribution in [0.4, 0.5) is 5.69 Å². The van der Waals surface area contributed by atoms with E-state index in [0.717, 1.165) is 12.1 Å². The van der Waals surface area contributed by atoms with E-state index >= 15 is 0 Å². The third-order valence-electron chi connectivity index (χ3n) is 3.09. The summed E-state index contributed by atoms with van der Waals surface area (Å²) in [5.41, 5.74) is 4.11. The summed E-state index contributed by atoms with van der Waals surface area (Å²) in [6.45, 7) is 4.11. The number of nitrogens with one attached hydrogen (secondary N) is 1. The SMILES string of the molecule is CC1(C)CC(=O)C/C(=N/Nc2c(Cl)cc(Cl)cc2Cl)C1. The Morgan fingerprint density at radius 3 is 2.30 bits per heavy atom. The molecule has 2 rings (SSSR count). The third-order valence-corrected chi connectivity index (χ3v) is 3.91. The van der Waals surface area contributed by atoms with Crippen LogP contribution in [0.5, 0.6) is 0 Å². The van der Waals surface area contributed by atoms with Crippen LogP contribution in [0.2, 0.25) is 15.1 Å². The zero-order valence-corrected chi connectivity index (χ0v) is 13.5. The van der Waals surface area contributed by atoms with E-state index in [1.807, 2.05) is 0 Å². The van der Waals surface area contributed by atoms with Gasteiger partial charge in [-0.3, -0.25) is 10.2 Å². The Kier molecular flexibility index (Phi) is 4.62. The topological polar surface area (TPSA) is 41.5 Å². The van der Waals surface area contributed by atoms with Gasteiger partial charge in [0.1, 0.15) is 5.78 Å². The monoisotopic (exact) mass is 332 g/mol. The second-order valence-corrected chi connectivity index (χ2v) is 7.02. The molecule has 0 unspecified atom stereocenters. The van der Waals surface area contributed by atoms with Crippen LogP contribution in [0.15, 0.2) is 17.2 Å². The van der Waals surface area contributed by atoms with Crippen LogP contribution in [0.1, 0.15) is 33.1 Å². The second-order valence-electron chi connectivity index (χ2n) is 5.77. The highest BCUT2D eigenvalue weighted by Gasteiger charge is 2.30. The number of rotatable bonds is 2. The number of hydrogen-bond donors (Lipinski definition) is 1. The summed E-state index contributed by atoms with van der Waals surface area (Å²) in [6, 6.07) is 3.18. The van der Waals surface area contributed by atoms with Gasteiger partial charge in [-0.25, -0.2) is 0 Å². The highest BCUT2D eigenvalue weighted by Crippen LogP contribution is 2.35. The molecule has 0 heterocycles. The lowest BCUT2D eigenvalue weighted by atomic mass is 9.76. The lowest BCUT2D eigenvalue weighted by Crippen LogP contribution is -2.29. The fraction of sp³-hybridized carbons (Fsp3) is 0.429. The third kappa shape index (κ3) is 3.87. The van der Waals surface area contributed by atoms with Gasteiger partial charge < -0.3 is 0 Å². The van der Waals surface area contributed by atoms with Crippen LogP contribution >= 0.6 is 34.8 Å². The smallest absolute Gasteiger partial charge is 0.139 e. The number of nitrogens with zero attached hydrogens (tertiary/aromatic N) is 1. The van der Waals surface area contributed by atoms with Crippen molar-refractivity contribution in [1.29, 1.82) is 0 Å². The van der Waals surface area contributed by atoms with Gasteiger partial charge in [-0.15, -0.1) is 0 Å². The van der Waals surface area contributed by atoms with Gasteiger partial charge in [-0.1, -0.05) is 48.7 Å². The van der Waals surface area contributed by atoms with Crippen LogP contribution in [-0.4, -0.2) is 11.5 Å². The first-order valence-electron chi connectivity index (χ1n) is 6.24. The van der Waals surface area contributed by atoms with Crippen molar-refractivity contribution in [3.8, 4) is 0 Å². The number of benzene rings is 1. The molecule has 6 heteroatoms. The number of hydrogen-bond acceptors (Lipinski definition) is 3. The molecular formula is C14H15Cl3N2O. The normalized spacial score (nSPS) is 20.2. The van der Waals surface area contributed by atoms with Crippen molar-refractivity contribution in [1.82, 2.24) is 0 Å². The van der Waals surface area contributed by atoms with Crippen LogP contribution in [0.25, 0.3) is 0 Å². The van der Waals surface area contributed by atoms with Gasteiger partial charge in [0.05, 0.1) is 15.7 Å². The van der Waals surface area contributed by atoms with E-state index in [-0.39, 0.29) is 11.2 Å². The Balaban J connectivity index is 2.19. The molecule has 0 amide bonds. The molecule has 1 aromatic rings. The number of anilines is 1. The quantitative estimate of drug-likeness (QED) is 0.756. The number of ketones is 1. The molecule has 0 aromatic heterocycles. The highest BCUT2D eigenvalue weighted by atomic mass is 35.5. The van der Waals surface area contributed by atoms with E-state index < -0.39 is 0 Å². The van der Waals surface area contributed by atoms with E-state index in [1.54, 1.807) is 12.1 Å². The molecule has 1 aliphatic rings. The van der Waals surface area contributed by atoms with Gasteiger partial charge in [0, 0.05) is 23.6 Å². The maximum atomic E-state index is 11.7. The Morgan fingerprint density at radius 2 is 1.75 bits per heavy atom. The van der Waals surface area contributed by atoms with Crippen LogP contribution in [0, 0.1) is 5.41 Å². The molecule has 1 saturated carbocycles. The van der Waals surface area contributed by atoms with Crippen molar-refractivity contribution in [3.05, 3.63) is 27.2 Å². The number of hydrazone groups is 1. The minimum atomic E-state index is -0.0522. The Labute approximate surface area is 133 Å². The lowest BCUT2D eigenvalue weighted by molar-refractivity contribution is -0.120. The van der Waals surface area contributed by atoms with Crippen molar-refractivity contribution < 1.29 is 4.79 Å². The summed E-state index contributed by atoms with van der Waals surface area (Å²) >= 11 is 18.0. The fourth-order valence-corrected chi connectivity index (χ4v) is 3.27. The first-order valence-corrected chi connectivity index (χ1v) is 7.38. The average Bonchev–Trinajstić information content (AvgIpc) is 2.24. The molecule has 1 aliphatic carbocycles. The van der Waals surface area contributed by atoms with Crippen molar-refractivity contribution in [2.24, 2.45) is 10.5 Å². The van der Waals surface area contributed by atoms with E-state index in [1.165, 1.54) is 0 Å². The summed E-state index contributed by atoms with van der Waals surface area (Å²) < 4.78 is 0. The molecule has 0 radical (unpaired) electrons. The Bertz CT molecular complexity index is 559. The number of halogens is 3. The van der Waals surface area contributed by atoms with Crippen molar-refractivity contribution in [2.75, 3.05) is 5.43 Å². The number of carbonyl (C=O) groups excluding carboxylic acids is 1. The van der Waals surface area contributed by atoms with Crippen molar-refractivity contribution in [2.45, 2.75) is 33.1 Å². The first-order chi connectivity index (χ1) is 9.27. The van der Waals surface area contributed by atoms with Gasteiger partial charge in [0.25, 0.3) is 0 Å². The number of carbonyl (C=O) groups is 1. The Hall–Kier alpha value is -0.770. The maximum Gasteiger partial charge on any atom is 0.139 e. The first kappa shape index (κ1) is 15.6. The molecular weight excluding hydrogens is 319 g/mol. The minimum Gasteiger partial charge on any atom is -0.299 e. The predicted molar refractivity (Wildman–Crippen MR) is 85.2 cm³/mol. The highest BCUT2D eigenvalue weighted by molar-refractivity contribution is 6.41. The molecule has 0 spiro atoms. The fourth-order valence-electron chi connectivity index (χ4n) is 2.36. The summed E-state index contributed by atoms with van der Waals surface area (Å²) in [7, 11) is 0. The molecule has 0 saturated heterocycles. The van der Waals surface area contributed by atoms with Crippen LogP contribution < -0.4 is 5.43 Å². The molecule has 0 atom stereocenters. The molecule has 1 N–H and O–H groups in total. The molecule has 3 nitrogen and oxygen atoms in total. The number of Topliss-reactive ketones (excluding diaryl/α,β-unsaturated/α-hetero) is 1. The molecule has 20 heavy (non-hydrogen) atoms. The van der Waals surface area contributed by atoms with Crippen LogP contribution in [-0.2, 0) is 4.79 Å². The van der Waals surface area contributed by atoms with Gasteiger partial charge in [-0.05, 0) is 24.0 Å². The molecule has 0 aliphatic heterocycles. The maximum absolute atomic E-state index is 11.7. The summed E-state index contributed by atoms with van der Waals surface area (Å²) in [4.78, 5) is 11.7. The zero-order valence-electron chi connectivity index (χ0n) is 11.3. The summed E-state index contributed by atoms with van der Waals surface area (Å²) in [5.74, 6) is 0.204. The van der Waals surface area contributed by atoms with Crippen molar-refractivity contribution >= 4 is 52.0 Å². The average molecular weight is 334 g/mol. The predicted octanol–water partition coefficient (Wildman–Crippen LogP) is 5.19. The van der Waals surface area contributed by atoms with E-state index in [4.69, 9.17) is 34.8 Å². The molecule has 1 fully saturated rings. The summed E-state index contributed by atoms with van der Waals surface area (Å²) in [5, 5.41) is 5.54. The van der Waals surface area contributed by atoms with Gasteiger partial charge in [-0.2, -0.15) is 5.10 Å². The second kappa shape index (κ2) is 5.92. The summed E-state index contributed by atoms with van der Waals surface area (Å²) in [6.07, 6.45) is 1.74. The standard InChI is InChI=1S/C14H15Cl3N2O/c1-14(2)6-9(5-10(20)7-14)18-19-13-11(16)3-8(15)4-12(13)17/h3-4,19H,5-7H2,1-2H3/b18-9-. The molecule has 1 aromatic carbocycles. The van der Waals surface area contributed by atoms with Gasteiger partial charge in [0.2, 0.25) is 0 Å².